The third kappa shape index (κ3) is 4.82. The van der Waals surface area contributed by atoms with Crippen LogP contribution in [0.1, 0.15) is 12.0 Å². The summed E-state index contributed by atoms with van der Waals surface area (Å²) >= 11 is 0. The van der Waals surface area contributed by atoms with Gasteiger partial charge in [0, 0.05) is 6.61 Å². The molecule has 0 radical (unpaired) electrons. The smallest absolute Gasteiger partial charge is 0.321 e. The van der Waals surface area contributed by atoms with Gasteiger partial charge in [0.2, 0.25) is 10.0 Å². The fourth-order valence-corrected chi connectivity index (χ4v) is 2.78. The van der Waals surface area contributed by atoms with Crippen molar-refractivity contribution in [1.82, 2.24) is 4.72 Å². The molecule has 0 bridgehead atoms. The first-order valence-corrected chi connectivity index (χ1v) is 6.97. The highest BCUT2D eigenvalue weighted by Gasteiger charge is 2.23. The number of benzene rings is 1. The molecule has 0 spiro atoms. The van der Waals surface area contributed by atoms with Gasteiger partial charge in [0.05, 0.1) is 5.75 Å². The molecule has 0 aliphatic carbocycles. The number of carboxylic acid groups (broad SMARTS) is 1. The average molecular weight is 273 g/mol. The monoisotopic (exact) mass is 273 g/mol. The summed E-state index contributed by atoms with van der Waals surface area (Å²) in [5.74, 6) is -1.59. The molecule has 18 heavy (non-hydrogen) atoms. The van der Waals surface area contributed by atoms with Crippen molar-refractivity contribution in [1.29, 1.82) is 0 Å². The summed E-state index contributed by atoms with van der Waals surface area (Å²) in [7, 11) is -3.74. The number of aliphatic hydroxyl groups is 1. The molecule has 0 fully saturated rings. The number of sulfonamides is 1. The molecule has 1 unspecified atom stereocenters. The number of carbonyl (C=O) groups is 1. The Morgan fingerprint density at radius 1 is 1.28 bits per heavy atom. The lowest BCUT2D eigenvalue weighted by atomic mass is 10.2. The lowest BCUT2D eigenvalue weighted by molar-refractivity contribution is -0.139. The second kappa shape index (κ2) is 6.48. The van der Waals surface area contributed by atoms with Crippen molar-refractivity contribution in [2.75, 3.05) is 6.61 Å². The normalized spacial score (nSPS) is 13.2. The Morgan fingerprint density at radius 3 is 2.39 bits per heavy atom. The van der Waals surface area contributed by atoms with Gasteiger partial charge in [-0.3, -0.25) is 4.79 Å². The average Bonchev–Trinajstić information content (AvgIpc) is 2.28. The number of rotatable bonds is 7. The first-order valence-electron chi connectivity index (χ1n) is 5.32. The molecule has 0 heterocycles. The second-order valence-electron chi connectivity index (χ2n) is 3.77. The SMILES string of the molecule is O=C(O)C(CCO)NS(=O)(=O)Cc1ccccc1. The predicted octanol–water partition coefficient (Wildman–Crippen LogP) is -0.0584. The van der Waals surface area contributed by atoms with Crippen molar-refractivity contribution in [2.45, 2.75) is 18.2 Å². The van der Waals surface area contributed by atoms with Crippen molar-refractivity contribution in [3.05, 3.63) is 35.9 Å². The molecule has 0 aliphatic rings. The molecule has 1 rings (SSSR count). The van der Waals surface area contributed by atoms with Crippen LogP contribution in [-0.4, -0.2) is 37.2 Å². The molecule has 0 amide bonds. The summed E-state index contributed by atoms with van der Waals surface area (Å²) < 4.78 is 25.5. The highest BCUT2D eigenvalue weighted by Crippen LogP contribution is 2.05. The molecule has 7 heteroatoms. The van der Waals surface area contributed by atoms with Gasteiger partial charge in [0.15, 0.2) is 0 Å². The molecule has 1 atom stereocenters. The van der Waals surface area contributed by atoms with Gasteiger partial charge in [-0.25, -0.2) is 13.1 Å². The van der Waals surface area contributed by atoms with Crippen LogP contribution in [-0.2, 0) is 20.6 Å². The van der Waals surface area contributed by atoms with Crippen molar-refractivity contribution in [2.24, 2.45) is 0 Å². The van der Waals surface area contributed by atoms with Gasteiger partial charge in [0.25, 0.3) is 0 Å². The summed E-state index contributed by atoms with van der Waals surface area (Å²) in [6, 6.07) is 7.14. The van der Waals surface area contributed by atoms with Crippen LogP contribution >= 0.6 is 0 Å². The van der Waals surface area contributed by atoms with Crippen LogP contribution in [0.4, 0.5) is 0 Å². The van der Waals surface area contributed by atoms with Crippen molar-refractivity contribution < 1.29 is 23.4 Å². The van der Waals surface area contributed by atoms with Gasteiger partial charge in [-0.05, 0) is 12.0 Å². The Balaban J connectivity index is 2.72. The van der Waals surface area contributed by atoms with Crippen LogP contribution in [0, 0.1) is 0 Å². The third-order valence-corrected chi connectivity index (χ3v) is 3.59. The maximum absolute atomic E-state index is 11.7. The number of nitrogens with one attached hydrogen (secondary N) is 1. The van der Waals surface area contributed by atoms with E-state index in [-0.39, 0.29) is 12.2 Å². The van der Waals surface area contributed by atoms with E-state index in [0.717, 1.165) is 0 Å². The molecule has 0 saturated heterocycles. The molecule has 0 saturated carbocycles. The van der Waals surface area contributed by atoms with Crippen LogP contribution < -0.4 is 4.72 Å². The van der Waals surface area contributed by atoms with Gasteiger partial charge in [-0.2, -0.15) is 0 Å². The number of hydrogen-bond donors (Lipinski definition) is 3. The number of hydrogen-bond acceptors (Lipinski definition) is 4. The largest absolute Gasteiger partial charge is 0.480 e. The van der Waals surface area contributed by atoms with E-state index in [9.17, 15) is 13.2 Å². The van der Waals surface area contributed by atoms with Crippen LogP contribution in [0.15, 0.2) is 30.3 Å². The lowest BCUT2D eigenvalue weighted by Crippen LogP contribution is -2.41. The molecular weight excluding hydrogens is 258 g/mol. The van der Waals surface area contributed by atoms with Crippen LogP contribution in [0.25, 0.3) is 0 Å². The minimum Gasteiger partial charge on any atom is -0.480 e. The Labute approximate surface area is 105 Å². The van der Waals surface area contributed by atoms with Crippen molar-refractivity contribution in [3.8, 4) is 0 Å². The predicted molar refractivity (Wildman–Crippen MR) is 65.3 cm³/mol. The van der Waals surface area contributed by atoms with E-state index < -0.39 is 28.6 Å². The van der Waals surface area contributed by atoms with Gasteiger partial charge in [0.1, 0.15) is 6.04 Å². The van der Waals surface area contributed by atoms with Crippen molar-refractivity contribution >= 4 is 16.0 Å². The molecule has 1 aromatic carbocycles. The van der Waals surface area contributed by atoms with Crippen LogP contribution in [0.3, 0.4) is 0 Å². The Kier molecular flexibility index (Phi) is 5.26. The van der Waals surface area contributed by atoms with Gasteiger partial charge in [-0.15, -0.1) is 0 Å². The molecule has 0 aliphatic heterocycles. The third-order valence-electron chi connectivity index (χ3n) is 2.24. The summed E-state index contributed by atoms with van der Waals surface area (Å²) in [5, 5.41) is 17.5. The molecular formula is C11H15NO5S. The van der Waals surface area contributed by atoms with E-state index >= 15 is 0 Å². The standard InChI is InChI=1S/C11H15NO5S/c13-7-6-10(11(14)15)12-18(16,17)8-9-4-2-1-3-5-9/h1-5,10,12-13H,6-8H2,(H,14,15). The second-order valence-corrected chi connectivity index (χ2v) is 5.52. The van der Waals surface area contributed by atoms with E-state index in [1.54, 1.807) is 30.3 Å². The fourth-order valence-electron chi connectivity index (χ4n) is 1.41. The topological polar surface area (TPSA) is 104 Å². The van der Waals surface area contributed by atoms with Gasteiger partial charge < -0.3 is 10.2 Å². The first kappa shape index (κ1) is 14.6. The summed E-state index contributed by atoms with van der Waals surface area (Å²) in [6.07, 6.45) is -0.163. The zero-order valence-electron chi connectivity index (χ0n) is 9.61. The zero-order valence-corrected chi connectivity index (χ0v) is 10.4. The molecule has 3 N–H and O–H groups in total. The highest BCUT2D eigenvalue weighted by atomic mass is 32.2. The maximum atomic E-state index is 11.7. The van der Waals surface area contributed by atoms with Crippen LogP contribution in [0.2, 0.25) is 0 Å². The van der Waals surface area contributed by atoms with E-state index in [1.807, 2.05) is 0 Å². The summed E-state index contributed by atoms with van der Waals surface area (Å²) in [4.78, 5) is 10.8. The zero-order chi connectivity index (χ0) is 13.6. The van der Waals surface area contributed by atoms with Crippen molar-refractivity contribution in [3.63, 3.8) is 0 Å². The molecule has 6 nitrogen and oxygen atoms in total. The molecule has 1 aromatic rings. The Hall–Kier alpha value is -1.44. The van der Waals surface area contributed by atoms with E-state index in [2.05, 4.69) is 4.72 Å². The minimum atomic E-state index is -3.74. The number of carboxylic acids is 1. The van der Waals surface area contributed by atoms with Crippen LogP contribution in [0.5, 0.6) is 0 Å². The Morgan fingerprint density at radius 2 is 1.89 bits per heavy atom. The summed E-state index contributed by atoms with van der Waals surface area (Å²) in [5.41, 5.74) is 0.568. The van der Waals surface area contributed by atoms with Gasteiger partial charge in [-0.1, -0.05) is 30.3 Å². The van der Waals surface area contributed by atoms with Gasteiger partial charge >= 0.3 is 5.97 Å². The fraction of sp³-hybridized carbons (Fsp3) is 0.364. The van der Waals surface area contributed by atoms with E-state index in [4.69, 9.17) is 10.2 Å². The molecule has 100 valence electrons. The van der Waals surface area contributed by atoms with E-state index in [0.29, 0.717) is 5.56 Å². The maximum Gasteiger partial charge on any atom is 0.321 e. The molecule has 0 aromatic heterocycles. The number of aliphatic hydroxyl groups excluding tert-OH is 1. The lowest BCUT2D eigenvalue weighted by Gasteiger charge is -2.13. The first-order chi connectivity index (χ1) is 8.44. The highest BCUT2D eigenvalue weighted by molar-refractivity contribution is 7.88. The minimum absolute atomic E-state index is 0.163. The Bertz CT molecular complexity index is 485. The quantitative estimate of drug-likeness (QED) is 0.646. The van der Waals surface area contributed by atoms with E-state index in [1.165, 1.54) is 0 Å². The summed E-state index contributed by atoms with van der Waals surface area (Å²) in [6.45, 7) is -0.398. The number of aliphatic carboxylic acids is 1.